The molecule has 0 aromatic heterocycles. The summed E-state index contributed by atoms with van der Waals surface area (Å²) in [4.78, 5) is 12.7. The Hall–Kier alpha value is -3.07. The van der Waals surface area contributed by atoms with Gasteiger partial charge in [0.1, 0.15) is 0 Å². The van der Waals surface area contributed by atoms with Crippen molar-refractivity contribution in [1.29, 1.82) is 0 Å². The fourth-order valence-electron chi connectivity index (χ4n) is 2.42. The average molecular weight is 302 g/mol. The molecule has 3 aromatic rings. The molecular weight excluding hydrogens is 284 g/mol. The fraction of sp³-hybridized carbons (Fsp3) is 0.0500. The van der Waals surface area contributed by atoms with E-state index in [-0.39, 0.29) is 5.91 Å². The van der Waals surface area contributed by atoms with E-state index in [1.165, 1.54) is 0 Å². The molecule has 0 fully saturated rings. The van der Waals surface area contributed by atoms with Crippen molar-refractivity contribution < 1.29 is 4.79 Å². The highest BCUT2D eigenvalue weighted by molar-refractivity contribution is 5.97. The molecule has 0 aliphatic rings. The average Bonchev–Trinajstić information content (AvgIpc) is 2.61. The van der Waals surface area contributed by atoms with E-state index >= 15 is 0 Å². The number of nitrogens with one attached hydrogen (secondary N) is 1. The second-order valence-electron chi connectivity index (χ2n) is 5.26. The maximum absolute atomic E-state index is 12.7. The molecule has 0 aliphatic carbocycles. The molecule has 3 rings (SSSR count). The van der Waals surface area contributed by atoms with Gasteiger partial charge in [0.05, 0.1) is 11.4 Å². The second kappa shape index (κ2) is 6.79. The minimum atomic E-state index is -0.129. The normalized spacial score (nSPS) is 10.1. The Morgan fingerprint density at radius 2 is 1.22 bits per heavy atom. The highest BCUT2D eigenvalue weighted by Crippen LogP contribution is 2.23. The van der Waals surface area contributed by atoms with Crippen LogP contribution in [-0.2, 0) is 0 Å². The van der Waals surface area contributed by atoms with E-state index in [0.29, 0.717) is 5.56 Å². The molecule has 0 heterocycles. The molecule has 0 aliphatic heterocycles. The number of amides is 1. The van der Waals surface area contributed by atoms with Crippen LogP contribution in [0.1, 0.15) is 15.9 Å². The van der Waals surface area contributed by atoms with Gasteiger partial charge >= 0.3 is 0 Å². The third-order valence-corrected chi connectivity index (χ3v) is 3.63. The zero-order valence-corrected chi connectivity index (χ0v) is 12.9. The summed E-state index contributed by atoms with van der Waals surface area (Å²) in [5.74, 6) is -0.129. The van der Waals surface area contributed by atoms with Crippen molar-refractivity contribution >= 4 is 17.3 Å². The molecule has 0 radical (unpaired) electrons. The van der Waals surface area contributed by atoms with Crippen LogP contribution in [0.4, 0.5) is 11.4 Å². The first-order valence-electron chi connectivity index (χ1n) is 7.52. The Balaban J connectivity index is 1.94. The zero-order valence-electron chi connectivity index (χ0n) is 12.9. The number of rotatable bonds is 4. The Morgan fingerprint density at radius 1 is 0.739 bits per heavy atom. The molecule has 3 aromatic carbocycles. The lowest BCUT2D eigenvalue weighted by Gasteiger charge is -2.25. The summed E-state index contributed by atoms with van der Waals surface area (Å²) in [6.45, 7) is 1.93. The van der Waals surface area contributed by atoms with E-state index in [2.05, 4.69) is 5.43 Å². The van der Waals surface area contributed by atoms with Gasteiger partial charge in [-0.25, -0.2) is 0 Å². The third-order valence-electron chi connectivity index (χ3n) is 3.63. The van der Waals surface area contributed by atoms with Crippen LogP contribution >= 0.6 is 0 Å². The van der Waals surface area contributed by atoms with Gasteiger partial charge < -0.3 is 0 Å². The third kappa shape index (κ3) is 3.40. The summed E-state index contributed by atoms with van der Waals surface area (Å²) >= 11 is 0. The summed E-state index contributed by atoms with van der Waals surface area (Å²) in [6, 6.07) is 27.1. The molecule has 3 heteroatoms. The van der Waals surface area contributed by atoms with Crippen molar-refractivity contribution in [2.24, 2.45) is 0 Å². The van der Waals surface area contributed by atoms with Crippen LogP contribution in [0.2, 0.25) is 0 Å². The molecule has 0 saturated carbocycles. The topological polar surface area (TPSA) is 32.3 Å². The summed E-state index contributed by atoms with van der Waals surface area (Å²) < 4.78 is 0. The molecular formula is C20H18N2O. The summed E-state index contributed by atoms with van der Waals surface area (Å²) in [7, 11) is 0. The van der Waals surface area contributed by atoms with Gasteiger partial charge in [-0.2, -0.15) is 0 Å². The van der Waals surface area contributed by atoms with Crippen LogP contribution in [0.25, 0.3) is 0 Å². The Morgan fingerprint density at radius 3 is 1.74 bits per heavy atom. The van der Waals surface area contributed by atoms with Crippen molar-refractivity contribution in [3.63, 3.8) is 0 Å². The number of carbonyl (C=O) groups is 1. The largest absolute Gasteiger partial charge is 0.270 e. The zero-order chi connectivity index (χ0) is 16.1. The number of aryl methyl sites for hydroxylation is 1. The lowest BCUT2D eigenvalue weighted by Crippen LogP contribution is -2.39. The molecule has 3 nitrogen and oxygen atoms in total. The maximum Gasteiger partial charge on any atom is 0.270 e. The quantitative estimate of drug-likeness (QED) is 0.721. The van der Waals surface area contributed by atoms with Gasteiger partial charge in [0.15, 0.2) is 0 Å². The van der Waals surface area contributed by atoms with Gasteiger partial charge in [-0.3, -0.25) is 15.2 Å². The Kier molecular flexibility index (Phi) is 4.39. The molecule has 0 atom stereocenters. The Labute approximate surface area is 136 Å². The fourth-order valence-corrected chi connectivity index (χ4v) is 2.42. The number of para-hydroxylation sites is 2. The monoisotopic (exact) mass is 302 g/mol. The second-order valence-corrected chi connectivity index (χ2v) is 5.26. The number of hydrazine groups is 1. The number of benzene rings is 3. The molecule has 23 heavy (non-hydrogen) atoms. The first kappa shape index (κ1) is 14.9. The van der Waals surface area contributed by atoms with Crippen molar-refractivity contribution in [1.82, 2.24) is 5.43 Å². The van der Waals surface area contributed by atoms with Gasteiger partial charge in [-0.15, -0.1) is 0 Å². The van der Waals surface area contributed by atoms with Crippen LogP contribution in [0.3, 0.4) is 0 Å². The van der Waals surface area contributed by atoms with Crippen LogP contribution in [-0.4, -0.2) is 5.91 Å². The van der Waals surface area contributed by atoms with Crippen LogP contribution in [0, 0.1) is 6.92 Å². The van der Waals surface area contributed by atoms with Crippen molar-refractivity contribution in [3.8, 4) is 0 Å². The van der Waals surface area contributed by atoms with E-state index in [0.717, 1.165) is 16.9 Å². The van der Waals surface area contributed by atoms with E-state index < -0.39 is 0 Å². The smallest absolute Gasteiger partial charge is 0.267 e. The van der Waals surface area contributed by atoms with Gasteiger partial charge in [-0.1, -0.05) is 54.6 Å². The minimum Gasteiger partial charge on any atom is -0.267 e. The summed E-state index contributed by atoms with van der Waals surface area (Å²) in [6.07, 6.45) is 0. The molecule has 1 amide bonds. The highest BCUT2D eigenvalue weighted by Gasteiger charge is 2.15. The van der Waals surface area contributed by atoms with Gasteiger partial charge in [0.25, 0.3) is 5.91 Å². The van der Waals surface area contributed by atoms with Crippen LogP contribution < -0.4 is 10.4 Å². The van der Waals surface area contributed by atoms with Gasteiger partial charge in [0, 0.05) is 5.56 Å². The van der Waals surface area contributed by atoms with Crippen LogP contribution in [0.15, 0.2) is 84.9 Å². The molecule has 0 unspecified atom stereocenters. The lowest BCUT2D eigenvalue weighted by atomic mass is 10.1. The van der Waals surface area contributed by atoms with E-state index in [1.807, 2.05) is 91.9 Å². The molecule has 1 N–H and O–H groups in total. The summed E-state index contributed by atoms with van der Waals surface area (Å²) in [5, 5.41) is 1.80. The molecule has 0 saturated heterocycles. The SMILES string of the molecule is Cc1ccccc1C(=O)NN(c1ccccc1)c1ccccc1. The Bertz CT molecular complexity index is 746. The first-order valence-corrected chi connectivity index (χ1v) is 7.52. The molecule has 0 bridgehead atoms. The van der Waals surface area contributed by atoms with E-state index in [4.69, 9.17) is 0 Å². The maximum atomic E-state index is 12.7. The minimum absolute atomic E-state index is 0.129. The van der Waals surface area contributed by atoms with Gasteiger partial charge in [0.2, 0.25) is 0 Å². The van der Waals surface area contributed by atoms with Crippen LogP contribution in [0.5, 0.6) is 0 Å². The number of nitrogens with zero attached hydrogens (tertiary/aromatic N) is 1. The number of hydrogen-bond acceptors (Lipinski definition) is 2. The number of anilines is 2. The van der Waals surface area contributed by atoms with E-state index in [9.17, 15) is 4.79 Å². The standard InChI is InChI=1S/C20H18N2O/c1-16-10-8-9-15-19(16)20(23)21-22(17-11-4-2-5-12-17)18-13-6-3-7-14-18/h2-15H,1H3,(H,21,23). The number of hydrogen-bond donors (Lipinski definition) is 1. The van der Waals surface area contributed by atoms with Crippen molar-refractivity contribution in [3.05, 3.63) is 96.1 Å². The lowest BCUT2D eigenvalue weighted by molar-refractivity contribution is 0.0953. The predicted octanol–water partition coefficient (Wildman–Crippen LogP) is 4.48. The predicted molar refractivity (Wildman–Crippen MR) is 93.7 cm³/mol. The van der Waals surface area contributed by atoms with Crippen molar-refractivity contribution in [2.45, 2.75) is 6.92 Å². The number of carbonyl (C=O) groups excluding carboxylic acids is 1. The molecule has 114 valence electrons. The summed E-state index contributed by atoms with van der Waals surface area (Å²) in [5.41, 5.74) is 6.43. The van der Waals surface area contributed by atoms with Crippen molar-refractivity contribution in [2.75, 3.05) is 5.01 Å². The molecule has 0 spiro atoms. The van der Waals surface area contributed by atoms with E-state index in [1.54, 1.807) is 5.01 Å². The van der Waals surface area contributed by atoms with Gasteiger partial charge in [-0.05, 0) is 42.8 Å². The first-order chi connectivity index (χ1) is 11.3. The highest BCUT2D eigenvalue weighted by atomic mass is 16.2.